The Bertz CT molecular complexity index is 333. The van der Waals surface area contributed by atoms with E-state index in [0.29, 0.717) is 13.1 Å². The van der Waals surface area contributed by atoms with Crippen molar-refractivity contribution in [2.45, 2.75) is 26.3 Å². The Labute approximate surface area is 90.9 Å². The zero-order chi connectivity index (χ0) is 11.6. The zero-order valence-corrected chi connectivity index (χ0v) is 10.2. The van der Waals surface area contributed by atoms with Gasteiger partial charge in [-0.15, -0.1) is 0 Å². The summed E-state index contributed by atoms with van der Waals surface area (Å²) in [6.07, 6.45) is 1.98. The highest BCUT2D eigenvalue weighted by Crippen LogP contribution is 2.12. The highest BCUT2D eigenvalue weighted by molar-refractivity contribution is 7.88. The van der Waals surface area contributed by atoms with E-state index < -0.39 is 10.0 Å². The Morgan fingerprint density at radius 2 is 2.07 bits per heavy atom. The van der Waals surface area contributed by atoms with Gasteiger partial charge in [-0.25, -0.2) is 8.42 Å². The molecule has 1 aliphatic rings. The molecule has 0 aromatic heterocycles. The second-order valence-corrected chi connectivity index (χ2v) is 6.08. The van der Waals surface area contributed by atoms with Crippen molar-refractivity contribution < 1.29 is 13.2 Å². The van der Waals surface area contributed by atoms with Crippen LogP contribution in [0.1, 0.15) is 20.3 Å². The number of amides is 1. The van der Waals surface area contributed by atoms with Crippen molar-refractivity contribution in [3.8, 4) is 0 Å². The summed E-state index contributed by atoms with van der Waals surface area (Å²) in [6.45, 7) is 4.62. The minimum atomic E-state index is -3.08. The lowest BCUT2D eigenvalue weighted by Crippen LogP contribution is -2.61. The SMILES string of the molecule is CCC(C)C(=O)NC1CN(S(C)(=O)=O)C1. The van der Waals surface area contributed by atoms with E-state index in [2.05, 4.69) is 5.32 Å². The summed E-state index contributed by atoms with van der Waals surface area (Å²) in [5, 5.41) is 2.82. The van der Waals surface area contributed by atoms with Crippen LogP contribution in [0.3, 0.4) is 0 Å². The fourth-order valence-electron chi connectivity index (χ4n) is 1.33. The molecular weight excluding hydrogens is 216 g/mol. The first-order valence-electron chi connectivity index (χ1n) is 5.10. The molecule has 1 N–H and O–H groups in total. The predicted molar refractivity (Wildman–Crippen MR) is 57.8 cm³/mol. The molecule has 0 bridgehead atoms. The van der Waals surface area contributed by atoms with E-state index in [1.54, 1.807) is 0 Å². The second-order valence-electron chi connectivity index (χ2n) is 4.09. The van der Waals surface area contributed by atoms with Gasteiger partial charge in [-0.1, -0.05) is 13.8 Å². The molecule has 0 aromatic rings. The van der Waals surface area contributed by atoms with Crippen LogP contribution >= 0.6 is 0 Å². The smallest absolute Gasteiger partial charge is 0.223 e. The van der Waals surface area contributed by atoms with Gasteiger partial charge in [-0.2, -0.15) is 4.31 Å². The molecule has 1 atom stereocenters. The first-order chi connectivity index (χ1) is 6.84. The fourth-order valence-corrected chi connectivity index (χ4v) is 2.23. The summed E-state index contributed by atoms with van der Waals surface area (Å²) in [4.78, 5) is 11.5. The molecule has 1 aliphatic heterocycles. The van der Waals surface area contributed by atoms with E-state index in [1.807, 2.05) is 13.8 Å². The second kappa shape index (κ2) is 4.49. The maximum atomic E-state index is 11.5. The lowest BCUT2D eigenvalue weighted by molar-refractivity contribution is -0.126. The van der Waals surface area contributed by atoms with E-state index in [4.69, 9.17) is 0 Å². The Kier molecular flexibility index (Phi) is 3.72. The van der Waals surface area contributed by atoms with E-state index in [-0.39, 0.29) is 17.9 Å². The van der Waals surface area contributed by atoms with Crippen molar-refractivity contribution in [3.05, 3.63) is 0 Å². The van der Waals surface area contributed by atoms with Crippen molar-refractivity contribution in [2.24, 2.45) is 5.92 Å². The minimum Gasteiger partial charge on any atom is -0.350 e. The molecule has 5 nitrogen and oxygen atoms in total. The Morgan fingerprint density at radius 1 is 1.53 bits per heavy atom. The fraction of sp³-hybridized carbons (Fsp3) is 0.889. The standard InChI is InChI=1S/C9H18N2O3S/c1-4-7(2)9(12)10-8-5-11(6-8)15(3,13)14/h7-8H,4-6H2,1-3H3,(H,10,12). The summed E-state index contributed by atoms with van der Waals surface area (Å²) in [5.41, 5.74) is 0. The van der Waals surface area contributed by atoms with Crippen molar-refractivity contribution in [2.75, 3.05) is 19.3 Å². The topological polar surface area (TPSA) is 66.5 Å². The van der Waals surface area contributed by atoms with E-state index in [9.17, 15) is 13.2 Å². The number of hydrogen-bond donors (Lipinski definition) is 1. The highest BCUT2D eigenvalue weighted by Gasteiger charge is 2.34. The summed E-state index contributed by atoms with van der Waals surface area (Å²) in [6, 6.07) is -0.0128. The molecule has 1 fully saturated rings. The van der Waals surface area contributed by atoms with E-state index in [1.165, 1.54) is 10.6 Å². The first kappa shape index (κ1) is 12.4. The number of carbonyl (C=O) groups is 1. The normalized spacial score (nSPS) is 20.7. The predicted octanol–water partition coefficient (Wildman–Crippen LogP) is -0.207. The monoisotopic (exact) mass is 234 g/mol. The van der Waals surface area contributed by atoms with Crippen molar-refractivity contribution in [3.63, 3.8) is 0 Å². The van der Waals surface area contributed by atoms with Gasteiger partial charge in [0.15, 0.2) is 0 Å². The number of sulfonamides is 1. The molecule has 1 amide bonds. The van der Waals surface area contributed by atoms with Crippen molar-refractivity contribution in [1.82, 2.24) is 9.62 Å². The maximum Gasteiger partial charge on any atom is 0.223 e. The third-order valence-electron chi connectivity index (χ3n) is 2.72. The highest BCUT2D eigenvalue weighted by atomic mass is 32.2. The van der Waals surface area contributed by atoms with Gasteiger partial charge in [0.1, 0.15) is 0 Å². The number of rotatable bonds is 4. The molecule has 0 spiro atoms. The number of hydrogen-bond acceptors (Lipinski definition) is 3. The summed E-state index contributed by atoms with van der Waals surface area (Å²) < 4.78 is 23.5. The molecule has 1 rings (SSSR count). The molecule has 15 heavy (non-hydrogen) atoms. The molecule has 1 unspecified atom stereocenters. The van der Waals surface area contributed by atoms with Gasteiger partial charge < -0.3 is 5.32 Å². The van der Waals surface area contributed by atoms with E-state index in [0.717, 1.165) is 6.42 Å². The summed E-state index contributed by atoms with van der Waals surface area (Å²) in [7, 11) is -3.08. The van der Waals surface area contributed by atoms with Crippen LogP contribution in [0, 0.1) is 5.92 Å². The van der Waals surface area contributed by atoms with Gasteiger partial charge in [-0.05, 0) is 6.42 Å². The van der Waals surface area contributed by atoms with Crippen LogP contribution in [0.15, 0.2) is 0 Å². The van der Waals surface area contributed by atoms with Crippen LogP contribution in [0.2, 0.25) is 0 Å². The van der Waals surface area contributed by atoms with Gasteiger partial charge in [-0.3, -0.25) is 4.79 Å². The third kappa shape index (κ3) is 3.17. The average Bonchev–Trinajstić information content (AvgIpc) is 2.06. The molecule has 0 saturated carbocycles. The first-order valence-corrected chi connectivity index (χ1v) is 6.95. The van der Waals surface area contributed by atoms with Crippen molar-refractivity contribution in [1.29, 1.82) is 0 Å². The summed E-state index contributed by atoms with van der Waals surface area (Å²) >= 11 is 0. The molecule has 0 aromatic carbocycles. The quantitative estimate of drug-likeness (QED) is 0.732. The Balaban J connectivity index is 2.32. The molecule has 1 heterocycles. The largest absolute Gasteiger partial charge is 0.350 e. The molecule has 6 heteroatoms. The summed E-state index contributed by atoms with van der Waals surface area (Å²) in [5.74, 6) is 0.00735. The molecule has 1 saturated heterocycles. The van der Waals surface area contributed by atoms with Crippen molar-refractivity contribution >= 4 is 15.9 Å². The Morgan fingerprint density at radius 3 is 2.47 bits per heavy atom. The number of nitrogens with one attached hydrogen (secondary N) is 1. The van der Waals surface area contributed by atoms with Gasteiger partial charge in [0.2, 0.25) is 15.9 Å². The molecule has 88 valence electrons. The maximum absolute atomic E-state index is 11.5. The average molecular weight is 234 g/mol. The molecular formula is C9H18N2O3S. The van der Waals surface area contributed by atoms with Crippen LogP contribution < -0.4 is 5.32 Å². The van der Waals surface area contributed by atoms with Gasteiger partial charge in [0.05, 0.1) is 12.3 Å². The third-order valence-corrected chi connectivity index (χ3v) is 3.96. The number of nitrogens with zero attached hydrogens (tertiary/aromatic N) is 1. The van der Waals surface area contributed by atoms with Gasteiger partial charge >= 0.3 is 0 Å². The van der Waals surface area contributed by atoms with Crippen LogP contribution in [0.5, 0.6) is 0 Å². The minimum absolute atomic E-state index is 0.00252. The van der Waals surface area contributed by atoms with Crippen LogP contribution in [-0.4, -0.2) is 44.0 Å². The Hall–Kier alpha value is -0.620. The van der Waals surface area contributed by atoms with Gasteiger partial charge in [0.25, 0.3) is 0 Å². The zero-order valence-electron chi connectivity index (χ0n) is 9.36. The van der Waals surface area contributed by atoms with Crippen LogP contribution in [0.25, 0.3) is 0 Å². The lowest BCUT2D eigenvalue weighted by atomic mass is 10.1. The molecule has 0 aliphatic carbocycles. The lowest BCUT2D eigenvalue weighted by Gasteiger charge is -2.37. The molecule has 0 radical (unpaired) electrons. The van der Waals surface area contributed by atoms with Crippen LogP contribution in [0.4, 0.5) is 0 Å². The van der Waals surface area contributed by atoms with Crippen LogP contribution in [-0.2, 0) is 14.8 Å². The van der Waals surface area contributed by atoms with E-state index >= 15 is 0 Å². The number of carbonyl (C=O) groups excluding carboxylic acids is 1. The van der Waals surface area contributed by atoms with Gasteiger partial charge in [0, 0.05) is 19.0 Å².